The van der Waals surface area contributed by atoms with Crippen LogP contribution >= 0.6 is 0 Å². The van der Waals surface area contributed by atoms with Crippen LogP contribution in [0.3, 0.4) is 0 Å². The van der Waals surface area contributed by atoms with E-state index in [1.807, 2.05) is 43.3 Å². The first-order valence-corrected chi connectivity index (χ1v) is 12.7. The van der Waals surface area contributed by atoms with Crippen LogP contribution in [0.5, 0.6) is 11.5 Å². The minimum absolute atomic E-state index is 0.0132. The van der Waals surface area contributed by atoms with Crippen LogP contribution in [0.4, 0.5) is 0 Å². The van der Waals surface area contributed by atoms with Crippen molar-refractivity contribution >= 4 is 11.8 Å². The number of nitrogens with zero attached hydrogens (tertiary/aromatic N) is 1. The van der Waals surface area contributed by atoms with E-state index in [0.717, 1.165) is 54.7 Å². The van der Waals surface area contributed by atoms with Gasteiger partial charge in [-0.25, -0.2) is 0 Å². The van der Waals surface area contributed by atoms with Gasteiger partial charge in [0.1, 0.15) is 19.3 Å². The Balaban J connectivity index is 1.43. The lowest BCUT2D eigenvalue weighted by Crippen LogP contribution is -2.51. The predicted molar refractivity (Wildman–Crippen MR) is 132 cm³/mol. The van der Waals surface area contributed by atoms with Crippen LogP contribution in [0, 0.1) is 0 Å². The maximum Gasteiger partial charge on any atom is 0.243 e. The van der Waals surface area contributed by atoms with Crippen molar-refractivity contribution in [1.82, 2.24) is 10.2 Å². The number of hydrogen-bond donors (Lipinski definition) is 1. The van der Waals surface area contributed by atoms with Crippen molar-refractivity contribution < 1.29 is 19.1 Å². The number of nitrogens with one attached hydrogen (secondary N) is 1. The van der Waals surface area contributed by atoms with Crippen LogP contribution in [0.1, 0.15) is 56.6 Å². The molecule has 0 radical (unpaired) electrons. The summed E-state index contributed by atoms with van der Waals surface area (Å²) in [6.07, 6.45) is 6.66. The van der Waals surface area contributed by atoms with Gasteiger partial charge in [0.2, 0.25) is 11.8 Å². The summed E-state index contributed by atoms with van der Waals surface area (Å²) >= 11 is 0. The number of aryl methyl sites for hydroxylation is 1. The maximum atomic E-state index is 13.5. The first kappa shape index (κ1) is 24.1. The molecular weight excluding hydrogens is 428 g/mol. The van der Waals surface area contributed by atoms with Crippen molar-refractivity contribution in [2.45, 2.75) is 70.4 Å². The van der Waals surface area contributed by atoms with Gasteiger partial charge in [0, 0.05) is 19.0 Å². The van der Waals surface area contributed by atoms with E-state index in [9.17, 15) is 9.59 Å². The molecule has 2 aliphatic rings. The first-order chi connectivity index (χ1) is 16.6. The second-order valence-electron chi connectivity index (χ2n) is 9.21. The molecule has 0 saturated heterocycles. The number of carbonyl (C=O) groups is 2. The largest absolute Gasteiger partial charge is 0.486 e. The van der Waals surface area contributed by atoms with Gasteiger partial charge in [0.15, 0.2) is 11.5 Å². The van der Waals surface area contributed by atoms with Gasteiger partial charge in [0.05, 0.1) is 0 Å². The van der Waals surface area contributed by atoms with Crippen LogP contribution in [0.25, 0.3) is 0 Å². The Labute approximate surface area is 202 Å². The van der Waals surface area contributed by atoms with E-state index < -0.39 is 6.04 Å². The Morgan fingerprint density at radius 3 is 2.44 bits per heavy atom. The molecule has 1 atom stereocenters. The van der Waals surface area contributed by atoms with Crippen molar-refractivity contribution in [1.29, 1.82) is 0 Å². The van der Waals surface area contributed by atoms with Crippen LogP contribution in [-0.4, -0.2) is 48.6 Å². The van der Waals surface area contributed by atoms with Crippen LogP contribution in [-0.2, 0) is 22.4 Å². The van der Waals surface area contributed by atoms with E-state index in [-0.39, 0.29) is 17.9 Å². The fraction of sp³-hybridized carbons (Fsp3) is 0.500. The second-order valence-corrected chi connectivity index (χ2v) is 9.21. The van der Waals surface area contributed by atoms with Gasteiger partial charge >= 0.3 is 0 Å². The summed E-state index contributed by atoms with van der Waals surface area (Å²) in [7, 11) is 0. The molecule has 1 saturated carbocycles. The topological polar surface area (TPSA) is 67.9 Å². The second kappa shape index (κ2) is 11.9. The summed E-state index contributed by atoms with van der Waals surface area (Å²) in [6.45, 7) is 3.61. The monoisotopic (exact) mass is 464 g/mol. The molecule has 0 spiro atoms. The zero-order chi connectivity index (χ0) is 23.8. The summed E-state index contributed by atoms with van der Waals surface area (Å²) in [5, 5.41) is 3.21. The molecule has 6 heteroatoms. The standard InChI is InChI=1S/C28H36N2O4/c1-2-24(28(32)29-23-10-6-7-11-23)30(17-16-21-8-4-3-5-9-21)27(31)15-13-22-12-14-25-26(20-22)34-19-18-33-25/h3-5,8-9,12,14,20,23-24H,2,6-7,10-11,13,15-19H2,1H3,(H,29,32)/t24-/m0/s1. The number of fused-ring (bicyclic) bond motifs is 1. The van der Waals surface area contributed by atoms with Gasteiger partial charge in [-0.15, -0.1) is 0 Å². The molecule has 2 aromatic carbocycles. The summed E-state index contributed by atoms with van der Waals surface area (Å²) in [5.41, 5.74) is 2.20. The molecule has 0 unspecified atom stereocenters. The summed E-state index contributed by atoms with van der Waals surface area (Å²) < 4.78 is 11.3. The molecule has 2 amide bonds. The van der Waals surface area contributed by atoms with E-state index in [2.05, 4.69) is 17.4 Å². The Kier molecular flexibility index (Phi) is 8.45. The first-order valence-electron chi connectivity index (χ1n) is 12.7. The number of rotatable bonds is 10. The number of carbonyl (C=O) groups excluding carboxylic acids is 2. The molecule has 34 heavy (non-hydrogen) atoms. The van der Waals surface area contributed by atoms with E-state index in [4.69, 9.17) is 9.47 Å². The minimum atomic E-state index is -0.447. The minimum Gasteiger partial charge on any atom is -0.486 e. The molecule has 1 fully saturated rings. The molecule has 1 heterocycles. The van der Waals surface area contributed by atoms with E-state index >= 15 is 0 Å². The molecule has 0 aromatic heterocycles. The fourth-order valence-corrected chi connectivity index (χ4v) is 4.90. The molecular formula is C28H36N2O4. The number of amides is 2. The number of benzene rings is 2. The SMILES string of the molecule is CC[C@@H](C(=O)NC1CCCC1)N(CCc1ccccc1)C(=O)CCc1ccc2c(c1)OCCO2. The number of hydrogen-bond acceptors (Lipinski definition) is 4. The fourth-order valence-electron chi connectivity index (χ4n) is 4.90. The summed E-state index contributed by atoms with van der Waals surface area (Å²) in [4.78, 5) is 28.4. The van der Waals surface area contributed by atoms with Gasteiger partial charge in [-0.3, -0.25) is 9.59 Å². The molecule has 0 bridgehead atoms. The summed E-state index contributed by atoms with van der Waals surface area (Å²) in [6, 6.07) is 15.8. The Morgan fingerprint density at radius 2 is 1.71 bits per heavy atom. The van der Waals surface area contributed by atoms with Crippen LogP contribution in [0.15, 0.2) is 48.5 Å². The van der Waals surface area contributed by atoms with Crippen molar-refractivity contribution in [3.8, 4) is 11.5 Å². The quantitative estimate of drug-likeness (QED) is 0.569. The van der Waals surface area contributed by atoms with Crippen LogP contribution in [0.2, 0.25) is 0 Å². The maximum absolute atomic E-state index is 13.5. The highest BCUT2D eigenvalue weighted by atomic mass is 16.6. The van der Waals surface area contributed by atoms with Crippen molar-refractivity contribution in [2.75, 3.05) is 19.8 Å². The highest BCUT2D eigenvalue weighted by Crippen LogP contribution is 2.31. The third kappa shape index (κ3) is 6.31. The predicted octanol–water partition coefficient (Wildman–Crippen LogP) is 4.30. The van der Waals surface area contributed by atoms with Crippen molar-refractivity contribution in [3.63, 3.8) is 0 Å². The van der Waals surface area contributed by atoms with Gasteiger partial charge in [-0.05, 0) is 55.4 Å². The zero-order valence-electron chi connectivity index (χ0n) is 20.1. The summed E-state index contributed by atoms with van der Waals surface area (Å²) in [5.74, 6) is 1.48. The molecule has 182 valence electrons. The van der Waals surface area contributed by atoms with E-state index in [1.165, 1.54) is 0 Å². The Bertz CT molecular complexity index is 956. The van der Waals surface area contributed by atoms with Crippen LogP contribution < -0.4 is 14.8 Å². The molecule has 1 N–H and O–H groups in total. The lowest BCUT2D eigenvalue weighted by atomic mass is 10.0. The normalized spacial score (nSPS) is 16.1. The Morgan fingerprint density at radius 1 is 0.971 bits per heavy atom. The zero-order valence-corrected chi connectivity index (χ0v) is 20.1. The lowest BCUT2D eigenvalue weighted by Gasteiger charge is -2.31. The third-order valence-electron chi connectivity index (χ3n) is 6.81. The molecule has 4 rings (SSSR count). The van der Waals surface area contributed by atoms with Gasteiger partial charge in [0.25, 0.3) is 0 Å². The van der Waals surface area contributed by atoms with Gasteiger partial charge in [-0.1, -0.05) is 56.2 Å². The molecule has 1 aliphatic carbocycles. The van der Waals surface area contributed by atoms with E-state index in [0.29, 0.717) is 39.0 Å². The number of ether oxygens (including phenoxy) is 2. The molecule has 1 aliphatic heterocycles. The average Bonchev–Trinajstić information content (AvgIpc) is 3.38. The van der Waals surface area contributed by atoms with Crippen molar-refractivity contribution in [2.24, 2.45) is 0 Å². The highest BCUT2D eigenvalue weighted by molar-refractivity contribution is 5.88. The average molecular weight is 465 g/mol. The van der Waals surface area contributed by atoms with E-state index in [1.54, 1.807) is 4.90 Å². The lowest BCUT2D eigenvalue weighted by molar-refractivity contribution is -0.141. The third-order valence-corrected chi connectivity index (χ3v) is 6.81. The highest BCUT2D eigenvalue weighted by Gasteiger charge is 2.30. The van der Waals surface area contributed by atoms with Gasteiger partial charge in [-0.2, -0.15) is 0 Å². The van der Waals surface area contributed by atoms with Gasteiger partial charge < -0.3 is 19.7 Å². The van der Waals surface area contributed by atoms with Crippen molar-refractivity contribution in [3.05, 3.63) is 59.7 Å². The molecule has 2 aromatic rings. The molecule has 6 nitrogen and oxygen atoms in total. The Hall–Kier alpha value is -3.02. The smallest absolute Gasteiger partial charge is 0.243 e.